The summed E-state index contributed by atoms with van der Waals surface area (Å²) in [6.07, 6.45) is 5.44. The lowest BCUT2D eigenvalue weighted by molar-refractivity contribution is 0.383. The second-order valence-corrected chi connectivity index (χ2v) is 9.37. The van der Waals surface area contributed by atoms with Crippen LogP contribution in [0.2, 0.25) is 5.02 Å². The van der Waals surface area contributed by atoms with E-state index in [1.165, 1.54) is 25.7 Å². The first-order chi connectivity index (χ1) is 11.6. The molecule has 4 rings (SSSR count). The molecule has 3 fully saturated rings. The Morgan fingerprint density at radius 2 is 2.08 bits per heavy atom. The Morgan fingerprint density at radius 1 is 1.29 bits per heavy atom. The number of nitrogens with one attached hydrogen (secondary N) is 1. The van der Waals surface area contributed by atoms with Gasteiger partial charge in [0.15, 0.2) is 10.3 Å². The Morgan fingerprint density at radius 3 is 2.75 bits per heavy atom. The van der Waals surface area contributed by atoms with Gasteiger partial charge in [-0.25, -0.2) is 4.99 Å². The van der Waals surface area contributed by atoms with E-state index < -0.39 is 0 Å². The number of aliphatic imine (C=N–C) groups is 1. The minimum atomic E-state index is 0.496. The van der Waals surface area contributed by atoms with Gasteiger partial charge >= 0.3 is 0 Å². The van der Waals surface area contributed by atoms with Crippen LogP contribution >= 0.6 is 35.6 Å². The monoisotopic (exact) mass is 379 g/mol. The quantitative estimate of drug-likeness (QED) is 0.745. The third-order valence-corrected chi connectivity index (χ3v) is 6.98. The van der Waals surface area contributed by atoms with Gasteiger partial charge in [0.05, 0.1) is 5.69 Å². The van der Waals surface area contributed by atoms with Gasteiger partial charge in [-0.15, -0.1) is 0 Å². The molecule has 2 bridgehead atoms. The van der Waals surface area contributed by atoms with Crippen molar-refractivity contribution in [1.82, 2.24) is 10.2 Å². The molecule has 1 heterocycles. The van der Waals surface area contributed by atoms with E-state index in [1.807, 2.05) is 24.3 Å². The van der Waals surface area contributed by atoms with E-state index in [0.29, 0.717) is 11.3 Å². The highest BCUT2D eigenvalue weighted by molar-refractivity contribution is 8.14. The molecule has 4 unspecified atom stereocenters. The van der Waals surface area contributed by atoms with Crippen molar-refractivity contribution in [3.05, 3.63) is 29.3 Å². The maximum absolute atomic E-state index is 5.96. The van der Waals surface area contributed by atoms with Crippen molar-refractivity contribution in [1.29, 1.82) is 0 Å². The molecule has 2 saturated carbocycles. The van der Waals surface area contributed by atoms with Crippen LogP contribution in [0.4, 0.5) is 5.69 Å². The molecule has 6 heteroatoms. The van der Waals surface area contributed by atoms with E-state index in [4.69, 9.17) is 28.8 Å². The first kappa shape index (κ1) is 16.7. The average Bonchev–Trinajstić information content (AvgIpc) is 3.25. The largest absolute Gasteiger partial charge is 0.359 e. The van der Waals surface area contributed by atoms with Gasteiger partial charge in [-0.2, -0.15) is 0 Å². The zero-order valence-corrected chi connectivity index (χ0v) is 16.1. The SMILES string of the molecule is CC1CN(C(=S)NC2CC3CCC2C3)C(=Nc2ccc(Cl)cc2)S1. The van der Waals surface area contributed by atoms with Crippen LogP contribution in [0.3, 0.4) is 0 Å². The average molecular weight is 380 g/mol. The number of thiocarbonyl (C=S) groups is 1. The maximum Gasteiger partial charge on any atom is 0.175 e. The van der Waals surface area contributed by atoms with Gasteiger partial charge in [0.1, 0.15) is 0 Å². The Hall–Kier alpha value is -0.780. The van der Waals surface area contributed by atoms with Crippen molar-refractivity contribution in [2.75, 3.05) is 6.54 Å². The number of hydrogen-bond donors (Lipinski definition) is 1. The molecule has 0 spiro atoms. The Kier molecular flexibility index (Phi) is 4.76. The number of nitrogens with zero attached hydrogens (tertiary/aromatic N) is 2. The summed E-state index contributed by atoms with van der Waals surface area (Å²) in [6, 6.07) is 8.21. The molecule has 1 aromatic carbocycles. The summed E-state index contributed by atoms with van der Waals surface area (Å²) in [5.41, 5.74) is 0.920. The Labute approximate surface area is 158 Å². The van der Waals surface area contributed by atoms with Crippen molar-refractivity contribution in [2.45, 2.75) is 43.9 Å². The first-order valence-electron chi connectivity index (χ1n) is 8.67. The number of halogens is 1. The second-order valence-electron chi connectivity index (χ2n) is 7.14. The zero-order valence-electron chi connectivity index (χ0n) is 13.7. The topological polar surface area (TPSA) is 27.6 Å². The lowest BCUT2D eigenvalue weighted by Gasteiger charge is -2.28. The van der Waals surface area contributed by atoms with Crippen molar-refractivity contribution < 1.29 is 0 Å². The molecule has 128 valence electrons. The summed E-state index contributed by atoms with van der Waals surface area (Å²) < 4.78 is 0. The Bertz CT molecular complexity index is 661. The van der Waals surface area contributed by atoms with Gasteiger partial charge in [0, 0.05) is 22.9 Å². The van der Waals surface area contributed by atoms with Crippen molar-refractivity contribution >= 4 is 51.5 Å². The van der Waals surface area contributed by atoms with Crippen LogP contribution in [0.1, 0.15) is 32.6 Å². The van der Waals surface area contributed by atoms with Crippen molar-refractivity contribution in [3.63, 3.8) is 0 Å². The lowest BCUT2D eigenvalue weighted by Crippen LogP contribution is -2.47. The van der Waals surface area contributed by atoms with Crippen LogP contribution in [-0.4, -0.2) is 33.0 Å². The van der Waals surface area contributed by atoms with Gasteiger partial charge in [0.25, 0.3) is 0 Å². The van der Waals surface area contributed by atoms with E-state index in [9.17, 15) is 0 Å². The third-order valence-electron chi connectivity index (χ3n) is 5.32. The molecule has 2 aliphatic carbocycles. The van der Waals surface area contributed by atoms with Crippen molar-refractivity contribution in [3.8, 4) is 0 Å². The molecule has 0 aromatic heterocycles. The van der Waals surface area contributed by atoms with Crippen LogP contribution in [-0.2, 0) is 0 Å². The van der Waals surface area contributed by atoms with Gasteiger partial charge in [-0.1, -0.05) is 36.7 Å². The summed E-state index contributed by atoms with van der Waals surface area (Å²) in [4.78, 5) is 6.97. The highest BCUT2D eigenvalue weighted by Crippen LogP contribution is 2.44. The first-order valence-corrected chi connectivity index (χ1v) is 10.3. The highest BCUT2D eigenvalue weighted by Gasteiger charge is 2.40. The van der Waals surface area contributed by atoms with Crippen LogP contribution in [0.5, 0.6) is 0 Å². The van der Waals surface area contributed by atoms with Crippen LogP contribution < -0.4 is 5.32 Å². The number of thioether (sulfide) groups is 1. The molecule has 1 aliphatic heterocycles. The molecule has 0 amide bonds. The fourth-order valence-electron chi connectivity index (χ4n) is 4.16. The summed E-state index contributed by atoms with van der Waals surface area (Å²) in [7, 11) is 0. The van der Waals surface area contributed by atoms with E-state index in [2.05, 4.69) is 17.1 Å². The fraction of sp³-hybridized carbons (Fsp3) is 0.556. The van der Waals surface area contributed by atoms with Crippen LogP contribution in [0.15, 0.2) is 29.3 Å². The number of rotatable bonds is 2. The van der Waals surface area contributed by atoms with Gasteiger partial charge in [-0.3, -0.25) is 4.90 Å². The Balaban J connectivity index is 1.47. The highest BCUT2D eigenvalue weighted by atomic mass is 35.5. The molecule has 1 saturated heterocycles. The predicted octanol–water partition coefficient (Wildman–Crippen LogP) is 4.83. The van der Waals surface area contributed by atoms with Crippen LogP contribution in [0, 0.1) is 11.8 Å². The van der Waals surface area contributed by atoms with Gasteiger partial charge in [-0.05, 0) is 67.6 Å². The number of amidine groups is 1. The molecular formula is C18H22ClN3S2. The van der Waals surface area contributed by atoms with E-state index >= 15 is 0 Å². The summed E-state index contributed by atoms with van der Waals surface area (Å²) in [5, 5.41) is 6.70. The standard InChI is InChI=1S/C18H22ClN3S2/c1-11-10-22(17(23)21-16-9-12-2-3-13(16)8-12)18(24-11)20-15-6-4-14(19)5-7-15/h4-7,11-13,16H,2-3,8-10H2,1H3,(H,21,23). The predicted molar refractivity (Wildman–Crippen MR) is 107 cm³/mol. The summed E-state index contributed by atoms with van der Waals surface area (Å²) in [5.74, 6) is 1.74. The third kappa shape index (κ3) is 3.44. The normalized spacial score (nSPS) is 33.4. The van der Waals surface area contributed by atoms with Crippen LogP contribution in [0.25, 0.3) is 0 Å². The number of benzene rings is 1. The lowest BCUT2D eigenvalue weighted by atomic mass is 9.95. The van der Waals surface area contributed by atoms with E-state index in [-0.39, 0.29) is 0 Å². The van der Waals surface area contributed by atoms with Gasteiger partial charge < -0.3 is 5.32 Å². The fourth-order valence-corrected chi connectivity index (χ4v) is 5.69. The molecule has 4 atom stereocenters. The molecule has 0 radical (unpaired) electrons. The molecule has 3 nitrogen and oxygen atoms in total. The second kappa shape index (κ2) is 6.85. The van der Waals surface area contributed by atoms with Crippen molar-refractivity contribution in [2.24, 2.45) is 16.8 Å². The molecular weight excluding hydrogens is 358 g/mol. The van der Waals surface area contributed by atoms with Gasteiger partial charge in [0.2, 0.25) is 0 Å². The van der Waals surface area contributed by atoms with E-state index in [1.54, 1.807) is 11.8 Å². The summed E-state index contributed by atoms with van der Waals surface area (Å²) in [6.45, 7) is 3.14. The molecule has 1 N–H and O–H groups in total. The number of hydrogen-bond acceptors (Lipinski definition) is 3. The zero-order chi connectivity index (χ0) is 16.7. The smallest absolute Gasteiger partial charge is 0.175 e. The number of fused-ring (bicyclic) bond motifs is 2. The maximum atomic E-state index is 5.96. The molecule has 1 aromatic rings. The minimum absolute atomic E-state index is 0.496. The van der Waals surface area contributed by atoms with E-state index in [0.717, 1.165) is 39.4 Å². The summed E-state index contributed by atoms with van der Waals surface area (Å²) >= 11 is 13.5. The molecule has 24 heavy (non-hydrogen) atoms. The molecule has 3 aliphatic rings. The minimum Gasteiger partial charge on any atom is -0.359 e.